The first kappa shape index (κ1) is 11.8. The molecule has 0 aliphatic heterocycles. The fraction of sp³-hybridized carbons (Fsp3) is 0.308. The van der Waals surface area contributed by atoms with Crippen molar-refractivity contribution < 1.29 is 9.18 Å². The highest BCUT2D eigenvalue weighted by Gasteiger charge is 2.42. The van der Waals surface area contributed by atoms with Crippen molar-refractivity contribution in [3.8, 4) is 0 Å². The van der Waals surface area contributed by atoms with Crippen LogP contribution in [0.2, 0.25) is 0 Å². The second kappa shape index (κ2) is 4.67. The zero-order valence-corrected chi connectivity index (χ0v) is 9.66. The quantitative estimate of drug-likeness (QED) is 0.775. The molecule has 0 heterocycles. The van der Waals surface area contributed by atoms with Gasteiger partial charge in [0.2, 0.25) is 0 Å². The van der Waals surface area contributed by atoms with Gasteiger partial charge in [0, 0.05) is 5.56 Å². The van der Waals surface area contributed by atoms with Gasteiger partial charge < -0.3 is 10.6 Å². The van der Waals surface area contributed by atoms with Crippen LogP contribution in [-0.2, 0) is 0 Å². The maximum Gasteiger partial charge on any atom is 0.251 e. The molecule has 90 valence electrons. The number of carbonyl (C=O) groups is 1. The molecule has 0 bridgehead atoms. The predicted octanol–water partition coefficient (Wildman–Crippen LogP) is 1.47. The average Bonchev–Trinajstić information content (AvgIpc) is 2.90. The molecule has 4 heteroatoms. The molecular formula is C13H15FN2O. The molecule has 0 saturated heterocycles. The SMILES string of the molecule is C=C1C(NCC)C1NC(=O)c1ccc(F)cc1. The highest BCUT2D eigenvalue weighted by molar-refractivity contribution is 5.95. The fourth-order valence-corrected chi connectivity index (χ4v) is 1.79. The van der Waals surface area contributed by atoms with E-state index < -0.39 is 0 Å². The predicted molar refractivity (Wildman–Crippen MR) is 64.3 cm³/mol. The van der Waals surface area contributed by atoms with E-state index in [0.717, 1.165) is 12.1 Å². The summed E-state index contributed by atoms with van der Waals surface area (Å²) < 4.78 is 12.7. The number of likely N-dealkylation sites (N-methyl/N-ethyl adjacent to an activating group) is 1. The zero-order valence-electron chi connectivity index (χ0n) is 9.66. The molecule has 1 saturated carbocycles. The molecule has 3 nitrogen and oxygen atoms in total. The first-order chi connectivity index (χ1) is 8.13. The average molecular weight is 234 g/mol. The van der Waals surface area contributed by atoms with E-state index in [1.165, 1.54) is 24.3 Å². The molecule has 1 aliphatic rings. The van der Waals surface area contributed by atoms with Gasteiger partial charge in [-0.05, 0) is 36.4 Å². The molecule has 1 aliphatic carbocycles. The number of amides is 1. The molecule has 0 radical (unpaired) electrons. The number of benzene rings is 1. The lowest BCUT2D eigenvalue weighted by Gasteiger charge is -2.04. The van der Waals surface area contributed by atoms with Crippen LogP contribution < -0.4 is 10.6 Å². The molecule has 2 atom stereocenters. The zero-order chi connectivity index (χ0) is 12.4. The number of rotatable bonds is 4. The third kappa shape index (κ3) is 2.53. The molecular weight excluding hydrogens is 219 g/mol. The molecule has 2 N–H and O–H groups in total. The van der Waals surface area contributed by atoms with Crippen molar-refractivity contribution in [1.29, 1.82) is 0 Å². The van der Waals surface area contributed by atoms with Crippen molar-refractivity contribution in [2.75, 3.05) is 6.54 Å². The highest BCUT2D eigenvalue weighted by Crippen LogP contribution is 2.28. The smallest absolute Gasteiger partial charge is 0.251 e. The molecule has 17 heavy (non-hydrogen) atoms. The molecule has 0 spiro atoms. The standard InChI is InChI=1S/C13H15FN2O/c1-3-15-11-8(2)12(11)16-13(17)9-4-6-10(14)7-5-9/h4-7,11-12,15H,2-3H2,1H3,(H,16,17). The summed E-state index contributed by atoms with van der Waals surface area (Å²) in [7, 11) is 0. The molecule has 0 aromatic heterocycles. The van der Waals surface area contributed by atoms with Gasteiger partial charge in [0.15, 0.2) is 0 Å². The monoisotopic (exact) mass is 234 g/mol. The first-order valence-electron chi connectivity index (χ1n) is 5.62. The largest absolute Gasteiger partial charge is 0.344 e. The number of carbonyl (C=O) groups excluding carboxylic acids is 1. The first-order valence-corrected chi connectivity index (χ1v) is 5.62. The third-order valence-electron chi connectivity index (χ3n) is 2.84. The van der Waals surface area contributed by atoms with Crippen LogP contribution in [0.15, 0.2) is 36.4 Å². The van der Waals surface area contributed by atoms with Crippen LogP contribution in [0.25, 0.3) is 0 Å². The van der Waals surface area contributed by atoms with Gasteiger partial charge in [0.25, 0.3) is 5.91 Å². The second-order valence-corrected chi connectivity index (χ2v) is 4.07. The van der Waals surface area contributed by atoms with E-state index in [9.17, 15) is 9.18 Å². The molecule has 2 unspecified atom stereocenters. The van der Waals surface area contributed by atoms with Crippen LogP contribution in [0.5, 0.6) is 0 Å². The lowest BCUT2D eigenvalue weighted by atomic mass is 10.2. The van der Waals surface area contributed by atoms with Crippen molar-refractivity contribution in [3.63, 3.8) is 0 Å². The Bertz CT molecular complexity index is 441. The summed E-state index contributed by atoms with van der Waals surface area (Å²) >= 11 is 0. The van der Waals surface area contributed by atoms with Gasteiger partial charge in [0.05, 0.1) is 12.1 Å². The van der Waals surface area contributed by atoms with Crippen LogP contribution >= 0.6 is 0 Å². The Labute approximate surface area is 99.7 Å². The number of halogens is 1. The molecule has 1 fully saturated rings. The van der Waals surface area contributed by atoms with Crippen LogP contribution in [0.4, 0.5) is 4.39 Å². The van der Waals surface area contributed by atoms with Gasteiger partial charge in [-0.1, -0.05) is 13.5 Å². The van der Waals surface area contributed by atoms with E-state index in [1.54, 1.807) is 0 Å². The summed E-state index contributed by atoms with van der Waals surface area (Å²) in [6.45, 7) is 6.72. The van der Waals surface area contributed by atoms with Gasteiger partial charge in [0.1, 0.15) is 5.82 Å². The minimum Gasteiger partial charge on any atom is -0.344 e. The molecule has 2 rings (SSSR count). The number of nitrogens with one attached hydrogen (secondary N) is 2. The summed E-state index contributed by atoms with van der Waals surface area (Å²) in [5.74, 6) is -0.542. The normalized spacial score (nSPS) is 22.4. The van der Waals surface area contributed by atoms with Crippen LogP contribution in [0, 0.1) is 5.82 Å². The van der Waals surface area contributed by atoms with Crippen molar-refractivity contribution in [1.82, 2.24) is 10.6 Å². The van der Waals surface area contributed by atoms with E-state index in [0.29, 0.717) is 5.56 Å². The van der Waals surface area contributed by atoms with Gasteiger partial charge in [-0.2, -0.15) is 0 Å². The third-order valence-corrected chi connectivity index (χ3v) is 2.84. The summed E-state index contributed by atoms with van der Waals surface area (Å²) in [6.07, 6.45) is 0. The second-order valence-electron chi connectivity index (χ2n) is 4.07. The van der Waals surface area contributed by atoms with Crippen molar-refractivity contribution >= 4 is 5.91 Å². The Balaban J connectivity index is 1.94. The van der Waals surface area contributed by atoms with E-state index >= 15 is 0 Å². The summed E-state index contributed by atoms with van der Waals surface area (Å²) in [4.78, 5) is 11.8. The molecule has 1 aromatic rings. The minimum atomic E-state index is -0.345. The van der Waals surface area contributed by atoms with Gasteiger partial charge in [-0.3, -0.25) is 4.79 Å². The van der Waals surface area contributed by atoms with E-state index in [-0.39, 0.29) is 23.8 Å². The summed E-state index contributed by atoms with van der Waals surface area (Å²) in [5, 5.41) is 6.06. The summed E-state index contributed by atoms with van der Waals surface area (Å²) in [5.41, 5.74) is 1.45. The lowest BCUT2D eigenvalue weighted by molar-refractivity contribution is 0.0951. The Hall–Kier alpha value is -1.68. The van der Waals surface area contributed by atoms with E-state index in [1.807, 2.05) is 6.92 Å². The Morgan fingerprint density at radius 3 is 2.59 bits per heavy atom. The van der Waals surface area contributed by atoms with Gasteiger partial charge >= 0.3 is 0 Å². The Kier molecular flexibility index (Phi) is 3.24. The van der Waals surface area contributed by atoms with E-state index in [2.05, 4.69) is 17.2 Å². The fourth-order valence-electron chi connectivity index (χ4n) is 1.79. The Morgan fingerprint density at radius 2 is 2.00 bits per heavy atom. The lowest BCUT2D eigenvalue weighted by Crippen LogP contribution is -2.31. The van der Waals surface area contributed by atoms with Crippen LogP contribution in [0.3, 0.4) is 0 Å². The molecule has 1 amide bonds. The molecule has 1 aromatic carbocycles. The van der Waals surface area contributed by atoms with E-state index in [4.69, 9.17) is 0 Å². The van der Waals surface area contributed by atoms with Crippen LogP contribution in [0.1, 0.15) is 17.3 Å². The highest BCUT2D eigenvalue weighted by atomic mass is 19.1. The van der Waals surface area contributed by atoms with Crippen molar-refractivity contribution in [2.45, 2.75) is 19.0 Å². The number of hydrogen-bond acceptors (Lipinski definition) is 2. The van der Waals surface area contributed by atoms with Gasteiger partial charge in [-0.25, -0.2) is 4.39 Å². The van der Waals surface area contributed by atoms with Crippen LogP contribution in [-0.4, -0.2) is 24.5 Å². The van der Waals surface area contributed by atoms with Crippen molar-refractivity contribution in [2.24, 2.45) is 0 Å². The topological polar surface area (TPSA) is 41.1 Å². The maximum absolute atomic E-state index is 12.7. The summed E-state index contributed by atoms with van der Waals surface area (Å²) in [6, 6.07) is 5.66. The number of hydrogen-bond donors (Lipinski definition) is 2. The van der Waals surface area contributed by atoms with Gasteiger partial charge in [-0.15, -0.1) is 0 Å². The minimum absolute atomic E-state index is 0.00694. The Morgan fingerprint density at radius 1 is 1.35 bits per heavy atom. The van der Waals surface area contributed by atoms with Crippen molar-refractivity contribution in [3.05, 3.63) is 47.8 Å². The maximum atomic E-state index is 12.7.